The van der Waals surface area contributed by atoms with Crippen molar-refractivity contribution in [2.45, 2.75) is 30.8 Å². The van der Waals surface area contributed by atoms with Gasteiger partial charge in [-0.3, -0.25) is 4.79 Å². The Labute approximate surface area is 69.2 Å². The van der Waals surface area contributed by atoms with Crippen molar-refractivity contribution >= 4 is 5.91 Å². The maximum Gasteiger partial charge on any atom is 0.254 e. The molecule has 3 N–H and O–H groups in total. The SMILES string of the molecule is O=C1[C@H](O)[C@@H](O)[C@@H]2C[C@@H](O)CN12. The van der Waals surface area contributed by atoms with Crippen LogP contribution in [0.1, 0.15) is 6.42 Å². The molecule has 68 valence electrons. The lowest BCUT2D eigenvalue weighted by atomic mass is 10.1. The second-order valence-corrected chi connectivity index (χ2v) is 3.38. The van der Waals surface area contributed by atoms with Gasteiger partial charge in [0, 0.05) is 6.54 Å². The van der Waals surface area contributed by atoms with Crippen LogP contribution in [0.25, 0.3) is 0 Å². The fraction of sp³-hybridized carbons (Fsp3) is 0.857. The fourth-order valence-corrected chi connectivity index (χ4v) is 1.95. The molecule has 12 heavy (non-hydrogen) atoms. The molecule has 2 aliphatic rings. The van der Waals surface area contributed by atoms with Gasteiger partial charge in [0.15, 0.2) is 6.10 Å². The lowest BCUT2D eigenvalue weighted by Gasteiger charge is -2.14. The Kier molecular flexibility index (Phi) is 1.61. The van der Waals surface area contributed by atoms with E-state index in [-0.39, 0.29) is 12.6 Å². The average Bonchev–Trinajstić information content (AvgIpc) is 2.49. The summed E-state index contributed by atoms with van der Waals surface area (Å²) < 4.78 is 0. The Bertz CT molecular complexity index is 219. The van der Waals surface area contributed by atoms with E-state index in [0.717, 1.165) is 0 Å². The molecule has 1 amide bonds. The maximum absolute atomic E-state index is 11.1. The monoisotopic (exact) mass is 173 g/mol. The van der Waals surface area contributed by atoms with E-state index in [0.29, 0.717) is 6.42 Å². The summed E-state index contributed by atoms with van der Waals surface area (Å²) in [4.78, 5) is 12.5. The smallest absolute Gasteiger partial charge is 0.254 e. The quantitative estimate of drug-likeness (QED) is 0.384. The van der Waals surface area contributed by atoms with E-state index in [2.05, 4.69) is 0 Å². The summed E-state index contributed by atoms with van der Waals surface area (Å²) in [6.45, 7) is 0.234. The van der Waals surface area contributed by atoms with Crippen LogP contribution in [-0.4, -0.2) is 57.0 Å². The first kappa shape index (κ1) is 7.97. The minimum Gasteiger partial charge on any atom is -0.391 e. The predicted octanol–water partition coefficient (Wildman–Crippen LogP) is -2.32. The van der Waals surface area contributed by atoms with Gasteiger partial charge in [-0.25, -0.2) is 0 Å². The van der Waals surface area contributed by atoms with Crippen LogP contribution < -0.4 is 0 Å². The number of hydrogen-bond acceptors (Lipinski definition) is 4. The van der Waals surface area contributed by atoms with Gasteiger partial charge in [0.25, 0.3) is 5.91 Å². The van der Waals surface area contributed by atoms with Gasteiger partial charge in [0.05, 0.1) is 12.1 Å². The van der Waals surface area contributed by atoms with Crippen LogP contribution in [0, 0.1) is 0 Å². The highest BCUT2D eigenvalue weighted by atomic mass is 16.3. The third kappa shape index (κ3) is 0.872. The molecule has 0 aliphatic carbocycles. The van der Waals surface area contributed by atoms with E-state index in [4.69, 9.17) is 5.11 Å². The van der Waals surface area contributed by atoms with Gasteiger partial charge >= 0.3 is 0 Å². The highest BCUT2D eigenvalue weighted by molar-refractivity contribution is 5.84. The van der Waals surface area contributed by atoms with Crippen molar-refractivity contribution in [3.05, 3.63) is 0 Å². The van der Waals surface area contributed by atoms with Gasteiger partial charge in [0.1, 0.15) is 6.10 Å². The second kappa shape index (κ2) is 2.42. The number of aliphatic hydroxyl groups excluding tert-OH is 3. The molecule has 0 aromatic heterocycles. The van der Waals surface area contributed by atoms with Gasteiger partial charge in [0.2, 0.25) is 0 Å². The van der Waals surface area contributed by atoms with Crippen molar-refractivity contribution in [3.63, 3.8) is 0 Å². The van der Waals surface area contributed by atoms with Crippen LogP contribution in [0.5, 0.6) is 0 Å². The molecule has 0 unspecified atom stereocenters. The van der Waals surface area contributed by atoms with E-state index in [9.17, 15) is 15.0 Å². The van der Waals surface area contributed by atoms with Crippen molar-refractivity contribution in [1.29, 1.82) is 0 Å². The topological polar surface area (TPSA) is 81.0 Å². The highest BCUT2D eigenvalue weighted by Crippen LogP contribution is 2.29. The Morgan fingerprint density at radius 1 is 1.33 bits per heavy atom. The Hall–Kier alpha value is -0.650. The summed E-state index contributed by atoms with van der Waals surface area (Å²) in [6.07, 6.45) is -2.51. The lowest BCUT2D eigenvalue weighted by Crippen LogP contribution is -2.32. The molecule has 2 fully saturated rings. The zero-order valence-corrected chi connectivity index (χ0v) is 6.42. The standard InChI is InChI=1S/C7H11NO4/c9-3-1-4-5(10)6(11)7(12)8(4)2-3/h3-6,9-11H,1-2H2/t3-,4+,5+,6-/m1/s1. The van der Waals surface area contributed by atoms with Gasteiger partial charge in [-0.05, 0) is 6.42 Å². The van der Waals surface area contributed by atoms with E-state index in [1.165, 1.54) is 4.90 Å². The van der Waals surface area contributed by atoms with Crippen LogP contribution in [0.2, 0.25) is 0 Å². The third-order valence-corrected chi connectivity index (χ3v) is 2.58. The van der Waals surface area contributed by atoms with E-state index in [1.807, 2.05) is 0 Å². The molecule has 0 saturated carbocycles. The number of carbonyl (C=O) groups excluding carboxylic acids is 1. The second-order valence-electron chi connectivity index (χ2n) is 3.38. The molecule has 0 aromatic carbocycles. The van der Waals surface area contributed by atoms with Gasteiger partial charge < -0.3 is 20.2 Å². The zero-order chi connectivity index (χ0) is 8.88. The first-order valence-corrected chi connectivity index (χ1v) is 3.96. The van der Waals surface area contributed by atoms with Gasteiger partial charge in [-0.15, -0.1) is 0 Å². The molecule has 2 rings (SSSR count). The first-order chi connectivity index (χ1) is 5.61. The van der Waals surface area contributed by atoms with Crippen molar-refractivity contribution < 1.29 is 20.1 Å². The molecule has 2 aliphatic heterocycles. The van der Waals surface area contributed by atoms with Crippen molar-refractivity contribution in [1.82, 2.24) is 4.90 Å². The van der Waals surface area contributed by atoms with Crippen molar-refractivity contribution in [2.24, 2.45) is 0 Å². The predicted molar refractivity (Wildman–Crippen MR) is 38.1 cm³/mol. The van der Waals surface area contributed by atoms with Crippen LogP contribution in [0.3, 0.4) is 0 Å². The maximum atomic E-state index is 11.1. The Balaban J connectivity index is 2.21. The summed E-state index contributed by atoms with van der Waals surface area (Å²) in [5, 5.41) is 27.6. The van der Waals surface area contributed by atoms with Gasteiger partial charge in [-0.1, -0.05) is 0 Å². The number of aliphatic hydroxyl groups is 3. The summed E-state index contributed by atoms with van der Waals surface area (Å²) in [7, 11) is 0. The summed E-state index contributed by atoms with van der Waals surface area (Å²) in [5.74, 6) is -0.468. The lowest BCUT2D eigenvalue weighted by molar-refractivity contribution is -0.136. The molecule has 0 spiro atoms. The molecule has 2 saturated heterocycles. The molecular weight excluding hydrogens is 162 g/mol. The molecule has 0 aromatic rings. The molecule has 2 heterocycles. The Morgan fingerprint density at radius 2 is 2.00 bits per heavy atom. The number of nitrogens with zero attached hydrogens (tertiary/aromatic N) is 1. The van der Waals surface area contributed by atoms with Gasteiger partial charge in [-0.2, -0.15) is 0 Å². The molecule has 0 radical (unpaired) electrons. The number of hydrogen-bond donors (Lipinski definition) is 3. The summed E-state index contributed by atoms with van der Waals surface area (Å²) in [6, 6.07) is -0.387. The molecule has 4 atom stereocenters. The summed E-state index contributed by atoms with van der Waals surface area (Å²) >= 11 is 0. The number of amides is 1. The van der Waals surface area contributed by atoms with Crippen molar-refractivity contribution in [2.75, 3.05) is 6.54 Å². The minimum absolute atomic E-state index is 0.234. The van der Waals surface area contributed by atoms with Crippen LogP contribution in [0.15, 0.2) is 0 Å². The highest BCUT2D eigenvalue weighted by Gasteiger charge is 2.50. The fourth-order valence-electron chi connectivity index (χ4n) is 1.95. The number of fused-ring (bicyclic) bond motifs is 1. The zero-order valence-electron chi connectivity index (χ0n) is 6.42. The van der Waals surface area contributed by atoms with Crippen molar-refractivity contribution in [3.8, 4) is 0 Å². The third-order valence-electron chi connectivity index (χ3n) is 2.58. The largest absolute Gasteiger partial charge is 0.391 e. The molecular formula is C7H11NO4. The molecule has 5 nitrogen and oxygen atoms in total. The minimum atomic E-state index is -1.29. The normalized spacial score (nSPS) is 46.9. The van der Waals surface area contributed by atoms with E-state index < -0.39 is 24.2 Å². The molecule has 0 bridgehead atoms. The van der Waals surface area contributed by atoms with E-state index >= 15 is 0 Å². The summed E-state index contributed by atoms with van der Waals surface area (Å²) in [5.41, 5.74) is 0. The van der Waals surface area contributed by atoms with Crippen LogP contribution in [0.4, 0.5) is 0 Å². The van der Waals surface area contributed by atoms with Crippen LogP contribution >= 0.6 is 0 Å². The van der Waals surface area contributed by atoms with Crippen LogP contribution in [-0.2, 0) is 4.79 Å². The number of rotatable bonds is 0. The first-order valence-electron chi connectivity index (χ1n) is 3.96. The van der Waals surface area contributed by atoms with E-state index in [1.54, 1.807) is 0 Å². The number of carbonyl (C=O) groups is 1. The average molecular weight is 173 g/mol. The Morgan fingerprint density at radius 3 is 2.58 bits per heavy atom. The molecule has 5 heteroatoms.